The number of halogens is 1. The van der Waals surface area contributed by atoms with Crippen LogP contribution in [0.3, 0.4) is 0 Å². The summed E-state index contributed by atoms with van der Waals surface area (Å²) in [4.78, 5) is 23.3. The fourth-order valence-electron chi connectivity index (χ4n) is 1.50. The van der Waals surface area contributed by atoms with E-state index in [9.17, 15) is 9.59 Å². The van der Waals surface area contributed by atoms with Crippen molar-refractivity contribution in [2.75, 3.05) is 11.9 Å². The first kappa shape index (κ1) is 14.1. The van der Waals surface area contributed by atoms with Crippen molar-refractivity contribution in [3.05, 3.63) is 46.6 Å². The van der Waals surface area contributed by atoms with Gasteiger partial charge in [0.15, 0.2) is 12.4 Å². The van der Waals surface area contributed by atoms with Crippen LogP contribution in [0, 0.1) is 6.92 Å². The van der Waals surface area contributed by atoms with Gasteiger partial charge in [-0.1, -0.05) is 23.7 Å². The Kier molecular flexibility index (Phi) is 4.37. The Morgan fingerprint density at radius 1 is 1.40 bits per heavy atom. The second kappa shape index (κ2) is 6.21. The topological polar surface area (TPSA) is 84.1 Å². The lowest BCUT2D eigenvalue weighted by molar-refractivity contribution is -0.119. The Hall–Kier alpha value is -2.34. The van der Waals surface area contributed by atoms with Gasteiger partial charge in [-0.2, -0.15) is 5.10 Å². The van der Waals surface area contributed by atoms with Crippen LogP contribution in [0.25, 0.3) is 0 Å². The highest BCUT2D eigenvalue weighted by molar-refractivity contribution is 6.33. The molecule has 1 aromatic heterocycles. The van der Waals surface area contributed by atoms with Crippen LogP contribution in [0.4, 0.5) is 5.82 Å². The molecule has 0 saturated heterocycles. The van der Waals surface area contributed by atoms with Crippen LogP contribution in [0.5, 0.6) is 0 Å². The van der Waals surface area contributed by atoms with Crippen LogP contribution in [-0.2, 0) is 9.53 Å². The number of esters is 1. The number of hydrogen-bond donors (Lipinski definition) is 2. The molecular weight excluding hydrogens is 282 g/mol. The fraction of sp³-hybridized carbons (Fsp3) is 0.154. The molecule has 0 fully saturated rings. The van der Waals surface area contributed by atoms with Crippen molar-refractivity contribution in [3.8, 4) is 0 Å². The van der Waals surface area contributed by atoms with Gasteiger partial charge in [0.2, 0.25) is 0 Å². The van der Waals surface area contributed by atoms with Crippen LogP contribution in [0.15, 0.2) is 30.3 Å². The Morgan fingerprint density at radius 3 is 2.80 bits per heavy atom. The van der Waals surface area contributed by atoms with Gasteiger partial charge in [0.05, 0.1) is 10.6 Å². The molecule has 0 aliphatic heterocycles. The minimum atomic E-state index is -0.649. The zero-order valence-electron chi connectivity index (χ0n) is 10.6. The quantitative estimate of drug-likeness (QED) is 0.846. The molecule has 20 heavy (non-hydrogen) atoms. The number of amides is 1. The third-order valence-corrected chi connectivity index (χ3v) is 2.73. The van der Waals surface area contributed by atoms with E-state index in [1.807, 2.05) is 0 Å². The maximum Gasteiger partial charge on any atom is 0.340 e. The molecule has 1 amide bonds. The molecule has 0 radical (unpaired) electrons. The van der Waals surface area contributed by atoms with Crippen molar-refractivity contribution >= 4 is 29.3 Å². The van der Waals surface area contributed by atoms with Gasteiger partial charge in [-0.05, 0) is 19.1 Å². The Labute approximate surface area is 120 Å². The molecule has 0 atom stereocenters. The zero-order chi connectivity index (χ0) is 14.5. The van der Waals surface area contributed by atoms with E-state index in [-0.39, 0.29) is 10.6 Å². The van der Waals surface area contributed by atoms with Crippen molar-refractivity contribution in [1.82, 2.24) is 10.2 Å². The van der Waals surface area contributed by atoms with Gasteiger partial charge in [0, 0.05) is 11.8 Å². The molecule has 0 bridgehead atoms. The van der Waals surface area contributed by atoms with E-state index < -0.39 is 18.5 Å². The second-order valence-electron chi connectivity index (χ2n) is 4.04. The van der Waals surface area contributed by atoms with Crippen LogP contribution in [0.2, 0.25) is 5.02 Å². The number of anilines is 1. The third-order valence-electron chi connectivity index (χ3n) is 2.40. The predicted molar refractivity (Wildman–Crippen MR) is 73.7 cm³/mol. The molecular formula is C13H12ClN3O3. The molecule has 2 rings (SSSR count). The van der Waals surface area contributed by atoms with Crippen LogP contribution in [0.1, 0.15) is 16.1 Å². The minimum Gasteiger partial charge on any atom is -0.452 e. The Balaban J connectivity index is 1.87. The van der Waals surface area contributed by atoms with Gasteiger partial charge in [0.25, 0.3) is 5.91 Å². The summed E-state index contributed by atoms with van der Waals surface area (Å²) in [6.07, 6.45) is 0. The average Bonchev–Trinajstić information content (AvgIpc) is 2.82. The largest absolute Gasteiger partial charge is 0.452 e. The van der Waals surface area contributed by atoms with Crippen molar-refractivity contribution in [2.45, 2.75) is 6.92 Å². The van der Waals surface area contributed by atoms with Crippen LogP contribution < -0.4 is 5.32 Å². The predicted octanol–water partition coefficient (Wildman–Crippen LogP) is 2.17. The van der Waals surface area contributed by atoms with Crippen molar-refractivity contribution in [1.29, 1.82) is 0 Å². The summed E-state index contributed by atoms with van der Waals surface area (Å²) in [5.41, 5.74) is 1.03. The lowest BCUT2D eigenvalue weighted by atomic mass is 10.2. The molecule has 0 aliphatic rings. The monoisotopic (exact) mass is 293 g/mol. The number of H-pyrrole nitrogens is 1. The Morgan fingerprint density at radius 2 is 2.15 bits per heavy atom. The van der Waals surface area contributed by atoms with E-state index in [0.717, 1.165) is 5.69 Å². The molecule has 1 heterocycles. The maximum atomic E-state index is 11.7. The first-order valence-electron chi connectivity index (χ1n) is 5.80. The number of benzene rings is 1. The molecule has 7 heteroatoms. The fourth-order valence-corrected chi connectivity index (χ4v) is 1.71. The summed E-state index contributed by atoms with van der Waals surface area (Å²) >= 11 is 5.85. The summed E-state index contributed by atoms with van der Waals surface area (Å²) < 4.78 is 4.88. The minimum absolute atomic E-state index is 0.220. The summed E-state index contributed by atoms with van der Waals surface area (Å²) in [6.45, 7) is 1.40. The summed E-state index contributed by atoms with van der Waals surface area (Å²) in [7, 11) is 0. The number of hydrogen-bond acceptors (Lipinski definition) is 4. The zero-order valence-corrected chi connectivity index (χ0v) is 11.4. The van der Waals surface area contributed by atoms with E-state index in [1.165, 1.54) is 6.07 Å². The van der Waals surface area contributed by atoms with Gasteiger partial charge in [-0.3, -0.25) is 9.89 Å². The van der Waals surface area contributed by atoms with E-state index >= 15 is 0 Å². The highest BCUT2D eigenvalue weighted by Crippen LogP contribution is 2.15. The molecule has 2 N–H and O–H groups in total. The lowest BCUT2D eigenvalue weighted by Gasteiger charge is -2.05. The second-order valence-corrected chi connectivity index (χ2v) is 4.45. The molecule has 0 aliphatic carbocycles. The normalized spacial score (nSPS) is 10.1. The van der Waals surface area contributed by atoms with E-state index in [0.29, 0.717) is 5.82 Å². The number of aromatic nitrogens is 2. The van der Waals surface area contributed by atoms with Gasteiger partial charge >= 0.3 is 5.97 Å². The van der Waals surface area contributed by atoms with Crippen molar-refractivity contribution in [2.24, 2.45) is 0 Å². The number of aromatic amines is 1. The smallest absolute Gasteiger partial charge is 0.340 e. The molecule has 6 nitrogen and oxygen atoms in total. The number of ether oxygens (including phenoxy) is 1. The molecule has 104 valence electrons. The van der Waals surface area contributed by atoms with E-state index in [1.54, 1.807) is 31.2 Å². The van der Waals surface area contributed by atoms with Gasteiger partial charge in [-0.25, -0.2) is 4.79 Å². The highest BCUT2D eigenvalue weighted by Gasteiger charge is 2.13. The van der Waals surface area contributed by atoms with E-state index in [2.05, 4.69) is 15.5 Å². The SMILES string of the molecule is Cc1cc(NC(=O)COC(=O)c2ccccc2Cl)n[nH]1. The molecule has 0 unspecified atom stereocenters. The van der Waals surface area contributed by atoms with Crippen LogP contribution in [-0.4, -0.2) is 28.7 Å². The van der Waals surface area contributed by atoms with Gasteiger partial charge in [-0.15, -0.1) is 0 Å². The highest BCUT2D eigenvalue weighted by atomic mass is 35.5. The van der Waals surface area contributed by atoms with Gasteiger partial charge in [0.1, 0.15) is 0 Å². The summed E-state index contributed by atoms with van der Waals surface area (Å²) in [6, 6.07) is 8.12. The number of nitrogens with one attached hydrogen (secondary N) is 2. The summed E-state index contributed by atoms with van der Waals surface area (Å²) in [5.74, 6) is -0.748. The number of nitrogens with zero attached hydrogens (tertiary/aromatic N) is 1. The molecule has 0 spiro atoms. The lowest BCUT2D eigenvalue weighted by Crippen LogP contribution is -2.21. The number of rotatable bonds is 4. The maximum absolute atomic E-state index is 11.7. The van der Waals surface area contributed by atoms with E-state index in [4.69, 9.17) is 16.3 Å². The third kappa shape index (κ3) is 3.58. The first-order valence-corrected chi connectivity index (χ1v) is 6.17. The Bertz CT molecular complexity index is 639. The van der Waals surface area contributed by atoms with Crippen molar-refractivity contribution in [3.63, 3.8) is 0 Å². The molecule has 1 aromatic carbocycles. The average molecular weight is 294 g/mol. The molecule has 2 aromatic rings. The standard InChI is InChI=1S/C13H12ClN3O3/c1-8-6-11(17-16-8)15-12(18)7-20-13(19)9-4-2-3-5-10(9)14/h2-6H,7H2,1H3,(H2,15,16,17,18). The number of carbonyl (C=O) groups excluding carboxylic acids is 2. The number of carbonyl (C=O) groups is 2. The summed E-state index contributed by atoms with van der Waals surface area (Å²) in [5, 5.41) is 9.29. The molecule has 0 saturated carbocycles. The number of aryl methyl sites for hydroxylation is 1. The van der Waals surface area contributed by atoms with Crippen molar-refractivity contribution < 1.29 is 14.3 Å². The first-order chi connectivity index (χ1) is 9.56. The van der Waals surface area contributed by atoms with Crippen LogP contribution >= 0.6 is 11.6 Å². The van der Waals surface area contributed by atoms with Gasteiger partial charge < -0.3 is 10.1 Å².